The predicted molar refractivity (Wildman–Crippen MR) is 520 cm³/mol. The van der Waals surface area contributed by atoms with Crippen LogP contribution in [0.15, 0.2) is 5.11 Å². The Morgan fingerprint density at radius 2 is 0.340 bits per heavy atom. The van der Waals surface area contributed by atoms with E-state index in [0.29, 0.717) is 6.54 Å². The Balaban J connectivity index is 7.39. The Bertz CT molecular complexity index is 1720. The van der Waals surface area contributed by atoms with Crippen molar-refractivity contribution in [3.63, 3.8) is 0 Å². The summed E-state index contributed by atoms with van der Waals surface area (Å²) in [6.07, 6.45) is 11.3. The summed E-state index contributed by atoms with van der Waals surface area (Å²) in [5.41, 5.74) is 9.39. The fourth-order valence-corrected chi connectivity index (χ4v) is 61.2. The summed E-state index contributed by atoms with van der Waals surface area (Å²) in [5, 5.41) is 4.10. The van der Waals surface area contributed by atoms with E-state index >= 15 is 0 Å². The van der Waals surface area contributed by atoms with Crippen LogP contribution in [0.4, 0.5) is 0 Å². The van der Waals surface area contributed by atoms with Crippen LogP contribution in [0, 0.1) is 0 Å². The van der Waals surface area contributed by atoms with Gasteiger partial charge in [0.25, 0.3) is 0 Å². The van der Waals surface area contributed by atoms with Gasteiger partial charge in [0.15, 0.2) is 0 Å². The molecule has 0 N–H and O–H groups in total. The van der Waals surface area contributed by atoms with Crippen LogP contribution in [-0.2, 0) is 0 Å². The van der Waals surface area contributed by atoms with Gasteiger partial charge in [0, 0.05) is 110 Å². The van der Waals surface area contributed by atoms with Crippen molar-refractivity contribution in [1.29, 1.82) is 0 Å². The average molecular weight is 1710 g/mol. The first-order valence-electron chi connectivity index (χ1n) is 41.4. The normalized spacial score (nSPS) is 13.4. The largest absolute Gasteiger partial charge is 0.309 e. The molecule has 616 valence electrons. The molecule has 0 aromatic rings. The van der Waals surface area contributed by atoms with Gasteiger partial charge in [-0.05, 0) is 219 Å². The van der Waals surface area contributed by atoms with E-state index < -0.39 is 56.5 Å². The maximum atomic E-state index is 9.39. The van der Waals surface area contributed by atoms with Gasteiger partial charge < -0.3 is 39.2 Å². The summed E-state index contributed by atoms with van der Waals surface area (Å²) < 4.78 is 0. The van der Waals surface area contributed by atoms with Gasteiger partial charge in [0.1, 0.15) is 0 Å². The maximum absolute atomic E-state index is 9.39. The summed E-state index contributed by atoms with van der Waals surface area (Å²) in [4.78, 5) is 22.2. The highest BCUT2D eigenvalue weighted by molar-refractivity contribution is 8.01. The monoisotopic (exact) mass is 1710 g/mol. The molecule has 0 amide bonds. The van der Waals surface area contributed by atoms with E-state index in [4.69, 9.17) is 0 Å². The minimum atomic E-state index is -1.59. The molecule has 0 atom stereocenters. The molecule has 0 aromatic carbocycles. The number of azide groups is 1. The third kappa shape index (κ3) is 65.2. The zero-order chi connectivity index (χ0) is 77.4. The van der Waals surface area contributed by atoms with E-state index in [-0.39, 0.29) is 0 Å². The van der Waals surface area contributed by atoms with Gasteiger partial charge in [0.05, 0.1) is 56.5 Å². The molecule has 0 aliphatic carbocycles. The second-order valence-electron chi connectivity index (χ2n) is 36.5. The van der Waals surface area contributed by atoms with Crippen molar-refractivity contribution in [2.75, 3.05) is 264 Å². The summed E-state index contributed by atoms with van der Waals surface area (Å²) in [5.74, 6) is 21.1. The molecule has 0 aliphatic rings. The molecule has 0 spiro atoms. The molecule has 0 fully saturated rings. The molecule has 0 aliphatic heterocycles. The second kappa shape index (κ2) is 64.5. The third-order valence-corrected chi connectivity index (χ3v) is 65.5. The standard InChI is InChI=1S/C77H177N11S8Si7/c1-81(2)33-41-89-49-70-100(20,71-50-90-42-34-82(3)4)66-28-62-98(18,63-29-67-101(21,72-51-91-43-35-83(5)6)73-52-92-44-36-84(7)8)60-26-58-97(17,57-25-24-32-79-80-78)59-27-61-99(19,64-30-68-102(22,74-53-93-45-37-85(9)10)75-54-94-46-38-86(11)12)65-31-69-103(23,76-55-95-47-39-87(13)14)77-56-96-48-40-88(15)16/h24-77H2,1-23H3. The first-order chi connectivity index (χ1) is 48.6. The van der Waals surface area contributed by atoms with Crippen molar-refractivity contribution < 1.29 is 0 Å². The van der Waals surface area contributed by atoms with Gasteiger partial charge >= 0.3 is 0 Å². The summed E-state index contributed by atoms with van der Waals surface area (Å²) in [6.45, 7) is 30.5. The highest BCUT2D eigenvalue weighted by Gasteiger charge is 2.37. The van der Waals surface area contributed by atoms with Crippen LogP contribution >= 0.6 is 94.1 Å². The van der Waals surface area contributed by atoms with Crippen molar-refractivity contribution >= 4 is 151 Å². The zero-order valence-corrected chi connectivity index (χ0v) is 86.4. The van der Waals surface area contributed by atoms with E-state index in [0.717, 1.165) is 6.42 Å². The molecule has 0 heterocycles. The van der Waals surface area contributed by atoms with Gasteiger partial charge in [-0.15, -0.1) is 0 Å². The molecule has 103 heavy (non-hydrogen) atoms. The zero-order valence-electron chi connectivity index (χ0n) is 72.9. The van der Waals surface area contributed by atoms with Crippen molar-refractivity contribution in [3.05, 3.63) is 10.4 Å². The number of hydrogen-bond acceptors (Lipinski definition) is 17. The van der Waals surface area contributed by atoms with Crippen LogP contribution in [0.2, 0.25) is 173 Å². The number of unbranched alkanes of at least 4 members (excludes halogenated alkanes) is 1. The quantitative estimate of drug-likeness (QED) is 0.0191. The lowest BCUT2D eigenvalue weighted by Gasteiger charge is -2.36. The second-order valence-corrected chi connectivity index (χ2v) is 82.2. The Hall–Kier alpha value is 3.31. The first kappa shape index (κ1) is 106. The maximum Gasteiger partial charge on any atom is 0.0520 e. The highest BCUT2D eigenvalue weighted by atomic mass is 32.2. The van der Waals surface area contributed by atoms with Gasteiger partial charge in [-0.1, -0.05) is 174 Å². The molecule has 0 aromatic heterocycles. The Labute approximate surface area is 686 Å². The number of nitrogens with zero attached hydrogens (tertiary/aromatic N) is 11. The molecular formula is C77H177N11S8Si7. The lowest BCUT2D eigenvalue weighted by molar-refractivity contribution is 0.437. The predicted octanol–water partition coefficient (Wildman–Crippen LogP) is 21.3. The van der Waals surface area contributed by atoms with Crippen LogP contribution < -0.4 is 0 Å². The van der Waals surface area contributed by atoms with Crippen molar-refractivity contribution in [2.24, 2.45) is 5.11 Å². The molecule has 0 rings (SSSR count). The van der Waals surface area contributed by atoms with Crippen molar-refractivity contribution in [2.45, 2.75) is 224 Å². The summed E-state index contributed by atoms with van der Waals surface area (Å²) in [7, 11) is 25.6. The number of thioether (sulfide) groups is 8. The van der Waals surface area contributed by atoms with Gasteiger partial charge in [-0.25, -0.2) is 0 Å². The van der Waals surface area contributed by atoms with Crippen LogP contribution in [0.5, 0.6) is 0 Å². The topological polar surface area (TPSA) is 74.7 Å². The Morgan fingerprint density at radius 1 is 0.204 bits per heavy atom. The van der Waals surface area contributed by atoms with E-state index in [1.165, 1.54) is 256 Å². The van der Waals surface area contributed by atoms with Gasteiger partial charge in [0.2, 0.25) is 0 Å². The molecule has 0 saturated heterocycles. The first-order valence-corrected chi connectivity index (χ1v) is 72.5. The van der Waals surface area contributed by atoms with E-state index in [9.17, 15) is 5.53 Å². The fourth-order valence-electron chi connectivity index (χ4n) is 14.4. The molecule has 0 saturated carbocycles. The fraction of sp³-hybridized carbons (Fsp3) is 1.00. The van der Waals surface area contributed by atoms with Crippen LogP contribution in [0.3, 0.4) is 0 Å². The lowest BCUT2D eigenvalue weighted by atomic mass is 10.3. The Kier molecular flexibility index (Phi) is 66.5. The van der Waals surface area contributed by atoms with Crippen LogP contribution in [-0.4, -0.2) is 359 Å². The van der Waals surface area contributed by atoms with Crippen LogP contribution in [0.25, 0.3) is 10.4 Å². The average Bonchev–Trinajstić information content (AvgIpc) is 0.859. The third-order valence-electron chi connectivity index (χ3n) is 23.0. The number of hydrogen-bond donors (Lipinski definition) is 0. The van der Waals surface area contributed by atoms with E-state index in [1.54, 1.807) is 60.4 Å². The molecule has 11 nitrogen and oxygen atoms in total. The minimum absolute atomic E-state index is 0.673. The molecular weight excluding hydrogens is 1530 g/mol. The molecule has 26 heteroatoms. The summed E-state index contributed by atoms with van der Waals surface area (Å²) in [6, 6.07) is 32.2. The smallest absolute Gasteiger partial charge is 0.0520 e. The molecule has 0 unspecified atom stereocenters. The SMILES string of the molecule is CN(C)CCSCC[Si](C)(CCC[Si](C)(CCC[Si](C)(CCCCN=[N+]=[N-])CCC[Si](C)(CCC[Si](C)(CCSCCN(C)C)CCSCCN(C)C)CCC[Si](C)(CCSCCN(C)C)CCSCCN(C)C)CCC[Si](C)(CCSCCN(C)C)CCSCCN(C)C)CCSCCN(C)C. The van der Waals surface area contributed by atoms with E-state index in [2.05, 4.69) is 302 Å². The highest BCUT2D eigenvalue weighted by Crippen LogP contribution is 2.41. The van der Waals surface area contributed by atoms with Gasteiger partial charge in [-0.2, -0.15) is 94.1 Å². The molecule has 0 bridgehead atoms. The van der Waals surface area contributed by atoms with Gasteiger partial charge in [-0.3, -0.25) is 0 Å². The minimum Gasteiger partial charge on any atom is -0.309 e. The van der Waals surface area contributed by atoms with Crippen molar-refractivity contribution in [3.8, 4) is 0 Å². The van der Waals surface area contributed by atoms with E-state index in [1.807, 2.05) is 0 Å². The van der Waals surface area contributed by atoms with Crippen molar-refractivity contribution in [1.82, 2.24) is 39.2 Å². The number of rotatable bonds is 77. The Morgan fingerprint density at radius 3 is 0.476 bits per heavy atom. The summed E-state index contributed by atoms with van der Waals surface area (Å²) >= 11 is 18.0. The van der Waals surface area contributed by atoms with Crippen LogP contribution in [0.1, 0.15) is 51.4 Å². The lowest BCUT2D eigenvalue weighted by Crippen LogP contribution is -2.37. The molecule has 0 radical (unpaired) electrons.